The lowest BCUT2D eigenvalue weighted by molar-refractivity contribution is -0.141. The molecule has 0 aliphatic carbocycles. The largest absolute Gasteiger partial charge is 0.438 e. The molecule has 8 heteroatoms. The number of anilines is 1. The number of para-hydroxylation sites is 1. The second-order valence-corrected chi connectivity index (χ2v) is 4.55. The van der Waals surface area contributed by atoms with Crippen LogP contribution in [0.1, 0.15) is 5.69 Å². The number of rotatable bonds is 3. The van der Waals surface area contributed by atoms with Crippen LogP contribution in [0.3, 0.4) is 0 Å². The molecule has 2 N–H and O–H groups in total. The van der Waals surface area contributed by atoms with Crippen LogP contribution in [-0.4, -0.2) is 16.2 Å². The molecule has 106 valence electrons. The van der Waals surface area contributed by atoms with E-state index in [1.165, 1.54) is 11.8 Å². The molecule has 0 spiro atoms. The number of hydrogen-bond donors (Lipinski definition) is 1. The van der Waals surface area contributed by atoms with Crippen LogP contribution in [0.2, 0.25) is 0 Å². The summed E-state index contributed by atoms with van der Waals surface area (Å²) in [6.45, 7) is 0. The Morgan fingerprint density at radius 1 is 1.20 bits per heavy atom. The van der Waals surface area contributed by atoms with E-state index in [4.69, 9.17) is 10.5 Å². The summed E-state index contributed by atoms with van der Waals surface area (Å²) >= 11 is 1.41. The zero-order chi connectivity index (χ0) is 14.8. The van der Waals surface area contributed by atoms with Gasteiger partial charge in [0.05, 0.1) is 0 Å². The summed E-state index contributed by atoms with van der Waals surface area (Å²) in [5.74, 6) is -0.325. The summed E-state index contributed by atoms with van der Waals surface area (Å²) in [6, 6.07) is 7.65. The SMILES string of the molecule is CSc1ccccc1Oc1cc(C(F)(F)F)nc(N)n1. The molecule has 0 saturated heterocycles. The molecule has 1 aromatic heterocycles. The third kappa shape index (κ3) is 3.32. The van der Waals surface area contributed by atoms with Crippen molar-refractivity contribution in [2.75, 3.05) is 12.0 Å². The number of ether oxygens (including phenoxy) is 1. The van der Waals surface area contributed by atoms with Crippen LogP contribution in [0.25, 0.3) is 0 Å². The monoisotopic (exact) mass is 301 g/mol. The highest BCUT2D eigenvalue weighted by Gasteiger charge is 2.33. The fraction of sp³-hybridized carbons (Fsp3) is 0.167. The predicted molar refractivity (Wildman–Crippen MR) is 69.7 cm³/mol. The van der Waals surface area contributed by atoms with Crippen LogP contribution >= 0.6 is 11.8 Å². The number of hydrogen-bond acceptors (Lipinski definition) is 5. The number of alkyl halides is 3. The van der Waals surface area contributed by atoms with Gasteiger partial charge in [-0.3, -0.25) is 0 Å². The number of thioether (sulfide) groups is 1. The first-order chi connectivity index (χ1) is 9.40. The van der Waals surface area contributed by atoms with E-state index in [2.05, 4.69) is 9.97 Å². The number of aromatic nitrogens is 2. The second kappa shape index (κ2) is 5.58. The Balaban J connectivity index is 2.36. The van der Waals surface area contributed by atoms with Gasteiger partial charge in [-0.1, -0.05) is 12.1 Å². The van der Waals surface area contributed by atoms with E-state index in [9.17, 15) is 13.2 Å². The molecule has 0 bridgehead atoms. The molecule has 0 aliphatic heterocycles. The summed E-state index contributed by atoms with van der Waals surface area (Å²) < 4.78 is 43.2. The Morgan fingerprint density at radius 2 is 1.90 bits per heavy atom. The van der Waals surface area contributed by atoms with Crippen LogP contribution in [0.15, 0.2) is 35.2 Å². The van der Waals surface area contributed by atoms with Gasteiger partial charge in [-0.25, -0.2) is 4.98 Å². The first-order valence-corrected chi connectivity index (χ1v) is 6.65. The fourth-order valence-electron chi connectivity index (χ4n) is 1.46. The Kier molecular flexibility index (Phi) is 4.03. The highest BCUT2D eigenvalue weighted by molar-refractivity contribution is 7.98. The minimum Gasteiger partial charge on any atom is -0.438 e. The van der Waals surface area contributed by atoms with Crippen LogP contribution in [0.5, 0.6) is 11.6 Å². The molecule has 0 unspecified atom stereocenters. The summed E-state index contributed by atoms with van der Waals surface area (Å²) in [5.41, 5.74) is 4.14. The first kappa shape index (κ1) is 14.4. The van der Waals surface area contributed by atoms with Gasteiger partial charge < -0.3 is 10.5 Å². The summed E-state index contributed by atoms with van der Waals surface area (Å²) in [6.07, 6.45) is -2.77. The molecular weight excluding hydrogens is 291 g/mol. The lowest BCUT2D eigenvalue weighted by Gasteiger charge is -2.11. The van der Waals surface area contributed by atoms with Crippen molar-refractivity contribution in [3.8, 4) is 11.6 Å². The highest BCUT2D eigenvalue weighted by atomic mass is 32.2. The van der Waals surface area contributed by atoms with Gasteiger partial charge in [0.2, 0.25) is 11.8 Å². The Bertz CT molecular complexity index is 619. The molecule has 4 nitrogen and oxygen atoms in total. The minimum absolute atomic E-state index is 0.244. The van der Waals surface area contributed by atoms with Crippen molar-refractivity contribution < 1.29 is 17.9 Å². The molecule has 0 saturated carbocycles. The van der Waals surface area contributed by atoms with Gasteiger partial charge in [-0.05, 0) is 18.4 Å². The molecule has 0 fully saturated rings. The normalized spacial score (nSPS) is 11.4. The van der Waals surface area contributed by atoms with Crippen molar-refractivity contribution in [3.05, 3.63) is 36.0 Å². The number of nitrogen functional groups attached to an aromatic ring is 1. The molecule has 0 atom stereocenters. The molecule has 1 aromatic carbocycles. The minimum atomic E-state index is -4.60. The Morgan fingerprint density at radius 3 is 2.55 bits per heavy atom. The van der Waals surface area contributed by atoms with Gasteiger partial charge in [0, 0.05) is 11.0 Å². The Hall–Kier alpha value is -1.96. The molecule has 2 aromatic rings. The highest BCUT2D eigenvalue weighted by Crippen LogP contribution is 2.33. The smallest absolute Gasteiger partial charge is 0.433 e. The second-order valence-electron chi connectivity index (χ2n) is 3.70. The van der Waals surface area contributed by atoms with E-state index >= 15 is 0 Å². The fourth-order valence-corrected chi connectivity index (χ4v) is 1.98. The van der Waals surface area contributed by atoms with Gasteiger partial charge in [0.15, 0.2) is 5.69 Å². The van der Waals surface area contributed by atoms with E-state index < -0.39 is 17.8 Å². The van der Waals surface area contributed by atoms with E-state index in [-0.39, 0.29) is 5.88 Å². The van der Waals surface area contributed by atoms with E-state index in [1.807, 2.05) is 6.26 Å². The van der Waals surface area contributed by atoms with Crippen LogP contribution < -0.4 is 10.5 Å². The summed E-state index contributed by atoms with van der Waals surface area (Å²) in [4.78, 5) is 7.58. The van der Waals surface area contributed by atoms with Crippen molar-refractivity contribution in [3.63, 3.8) is 0 Å². The number of nitrogens with zero attached hydrogens (tertiary/aromatic N) is 2. The zero-order valence-corrected chi connectivity index (χ0v) is 11.1. The van der Waals surface area contributed by atoms with Crippen LogP contribution in [-0.2, 0) is 6.18 Å². The lowest BCUT2D eigenvalue weighted by Crippen LogP contribution is -2.11. The lowest BCUT2D eigenvalue weighted by atomic mass is 10.3. The zero-order valence-electron chi connectivity index (χ0n) is 10.3. The maximum Gasteiger partial charge on any atom is 0.433 e. The molecule has 0 amide bonds. The predicted octanol–water partition coefficient (Wildman–Crippen LogP) is 3.59. The van der Waals surface area contributed by atoms with E-state index in [1.54, 1.807) is 24.3 Å². The van der Waals surface area contributed by atoms with Gasteiger partial charge >= 0.3 is 6.18 Å². The summed E-state index contributed by atoms with van der Waals surface area (Å²) in [7, 11) is 0. The topological polar surface area (TPSA) is 61.0 Å². The number of benzene rings is 1. The maximum absolute atomic E-state index is 12.6. The van der Waals surface area contributed by atoms with Gasteiger partial charge in [0.1, 0.15) is 5.75 Å². The van der Waals surface area contributed by atoms with Crippen molar-refractivity contribution in [2.24, 2.45) is 0 Å². The van der Waals surface area contributed by atoms with Crippen LogP contribution in [0.4, 0.5) is 19.1 Å². The molecule has 0 radical (unpaired) electrons. The molecule has 20 heavy (non-hydrogen) atoms. The van der Waals surface area contributed by atoms with Crippen molar-refractivity contribution in [1.29, 1.82) is 0 Å². The third-order valence-corrected chi connectivity index (χ3v) is 3.07. The van der Waals surface area contributed by atoms with Crippen molar-refractivity contribution in [1.82, 2.24) is 9.97 Å². The number of halogens is 3. The van der Waals surface area contributed by atoms with E-state index in [0.29, 0.717) is 11.8 Å². The van der Waals surface area contributed by atoms with Crippen molar-refractivity contribution in [2.45, 2.75) is 11.1 Å². The molecule has 1 heterocycles. The molecule has 2 rings (SSSR count). The average molecular weight is 301 g/mol. The molecular formula is C12H10F3N3OS. The quantitative estimate of drug-likeness (QED) is 0.878. The van der Waals surface area contributed by atoms with Gasteiger partial charge in [-0.15, -0.1) is 11.8 Å². The standard InChI is InChI=1S/C12H10F3N3OS/c1-20-8-5-3-2-4-7(8)19-10-6-9(12(13,14)15)17-11(16)18-10/h2-6H,1H3,(H2,16,17,18). The van der Waals surface area contributed by atoms with Gasteiger partial charge in [0.25, 0.3) is 0 Å². The first-order valence-electron chi connectivity index (χ1n) is 5.43. The van der Waals surface area contributed by atoms with Gasteiger partial charge in [-0.2, -0.15) is 18.2 Å². The average Bonchev–Trinajstić information content (AvgIpc) is 2.37. The van der Waals surface area contributed by atoms with Crippen molar-refractivity contribution >= 4 is 17.7 Å². The number of nitrogens with two attached hydrogens (primary N) is 1. The van der Waals surface area contributed by atoms with Crippen LogP contribution in [0, 0.1) is 0 Å². The van der Waals surface area contributed by atoms with E-state index in [0.717, 1.165) is 4.90 Å². The third-order valence-electron chi connectivity index (χ3n) is 2.29. The Labute approximate surface area is 117 Å². The maximum atomic E-state index is 12.6. The summed E-state index contributed by atoms with van der Waals surface area (Å²) in [5, 5.41) is 0. The molecule has 0 aliphatic rings.